The lowest BCUT2D eigenvalue weighted by atomic mass is 10.1. The van der Waals surface area contributed by atoms with Gasteiger partial charge in [0.2, 0.25) is 5.91 Å². The summed E-state index contributed by atoms with van der Waals surface area (Å²) in [6, 6.07) is 6.18. The maximum absolute atomic E-state index is 12.0. The Labute approximate surface area is 121 Å². The van der Waals surface area contributed by atoms with Crippen LogP contribution in [0.2, 0.25) is 0 Å². The van der Waals surface area contributed by atoms with Gasteiger partial charge in [-0.25, -0.2) is 4.98 Å². The van der Waals surface area contributed by atoms with Crippen LogP contribution < -0.4 is 5.32 Å². The fourth-order valence-corrected chi connectivity index (χ4v) is 2.09. The van der Waals surface area contributed by atoms with E-state index in [1.165, 1.54) is 6.07 Å². The molecule has 0 fully saturated rings. The van der Waals surface area contributed by atoms with Crippen LogP contribution in [0.15, 0.2) is 43.0 Å². The molecule has 1 atom stereocenters. The van der Waals surface area contributed by atoms with Crippen LogP contribution in [0.1, 0.15) is 12.5 Å². The number of benzene rings is 1. The number of nitrogens with zero attached hydrogens (tertiary/aromatic N) is 3. The van der Waals surface area contributed by atoms with Crippen LogP contribution in [0, 0.1) is 10.1 Å². The Morgan fingerprint density at radius 1 is 1.48 bits per heavy atom. The molecule has 0 aliphatic carbocycles. The van der Waals surface area contributed by atoms with Gasteiger partial charge in [0.05, 0.1) is 17.7 Å². The first-order valence-electron chi connectivity index (χ1n) is 6.53. The largest absolute Gasteiger partial charge is 0.352 e. The minimum atomic E-state index is -0.475. The van der Waals surface area contributed by atoms with E-state index in [1.54, 1.807) is 30.7 Å². The van der Waals surface area contributed by atoms with Crippen LogP contribution >= 0.6 is 0 Å². The van der Waals surface area contributed by atoms with Crippen molar-refractivity contribution in [2.24, 2.45) is 0 Å². The van der Waals surface area contributed by atoms with E-state index >= 15 is 0 Å². The average molecular weight is 288 g/mol. The zero-order valence-electron chi connectivity index (χ0n) is 11.6. The topological polar surface area (TPSA) is 90.1 Å². The Balaban J connectivity index is 1.94. The third-order valence-corrected chi connectivity index (χ3v) is 2.99. The molecular formula is C14H16N4O3. The summed E-state index contributed by atoms with van der Waals surface area (Å²) in [6.45, 7) is 2.47. The number of nitrogens with one attached hydrogen (secondary N) is 1. The van der Waals surface area contributed by atoms with Crippen LogP contribution in [-0.4, -0.2) is 26.4 Å². The van der Waals surface area contributed by atoms with Gasteiger partial charge < -0.3 is 9.88 Å². The van der Waals surface area contributed by atoms with Crippen molar-refractivity contribution in [1.29, 1.82) is 0 Å². The molecule has 1 N–H and O–H groups in total. The van der Waals surface area contributed by atoms with Gasteiger partial charge in [-0.15, -0.1) is 0 Å². The predicted molar refractivity (Wildman–Crippen MR) is 76.6 cm³/mol. The molecule has 21 heavy (non-hydrogen) atoms. The fraction of sp³-hybridized carbons (Fsp3) is 0.286. The number of nitro benzene ring substituents is 1. The SMILES string of the molecule is C[C@@H](Cn1ccnc1)NC(=O)Cc1ccccc1[N+](=O)[O-]. The van der Waals surface area contributed by atoms with E-state index in [4.69, 9.17) is 0 Å². The molecule has 2 aromatic rings. The zero-order chi connectivity index (χ0) is 15.2. The highest BCUT2D eigenvalue weighted by Gasteiger charge is 2.16. The van der Waals surface area contributed by atoms with E-state index in [2.05, 4.69) is 10.3 Å². The second-order valence-corrected chi connectivity index (χ2v) is 4.79. The molecule has 1 amide bonds. The summed E-state index contributed by atoms with van der Waals surface area (Å²) in [5.74, 6) is -0.239. The van der Waals surface area contributed by atoms with E-state index in [1.807, 2.05) is 17.7 Å². The van der Waals surface area contributed by atoms with Crippen LogP contribution in [-0.2, 0) is 17.8 Å². The maximum Gasteiger partial charge on any atom is 0.273 e. The van der Waals surface area contributed by atoms with Crippen LogP contribution in [0.25, 0.3) is 0 Å². The Bertz CT molecular complexity index is 625. The van der Waals surface area contributed by atoms with Gasteiger partial charge in [0.25, 0.3) is 5.69 Å². The van der Waals surface area contributed by atoms with Gasteiger partial charge in [0.1, 0.15) is 0 Å². The lowest BCUT2D eigenvalue weighted by Crippen LogP contribution is -2.36. The quantitative estimate of drug-likeness (QED) is 0.645. The number of aromatic nitrogens is 2. The van der Waals surface area contributed by atoms with Gasteiger partial charge in [-0.1, -0.05) is 18.2 Å². The zero-order valence-corrected chi connectivity index (χ0v) is 11.6. The Hall–Kier alpha value is -2.70. The molecule has 1 aromatic carbocycles. The molecule has 0 unspecified atom stereocenters. The molecule has 0 aliphatic heterocycles. The highest BCUT2D eigenvalue weighted by molar-refractivity contribution is 5.80. The standard InChI is InChI=1S/C14H16N4O3/c1-11(9-17-7-6-15-10-17)16-14(19)8-12-4-2-3-5-13(12)18(20)21/h2-7,10-11H,8-9H2,1H3,(H,16,19)/t11-/m0/s1. The smallest absolute Gasteiger partial charge is 0.273 e. The van der Waals surface area contributed by atoms with Crippen molar-refractivity contribution in [3.8, 4) is 0 Å². The molecule has 0 spiro atoms. The van der Waals surface area contributed by atoms with Crippen LogP contribution in [0.4, 0.5) is 5.69 Å². The summed E-state index contributed by atoms with van der Waals surface area (Å²) in [5.41, 5.74) is 0.379. The minimum Gasteiger partial charge on any atom is -0.352 e. The van der Waals surface area contributed by atoms with Crippen LogP contribution in [0.5, 0.6) is 0 Å². The van der Waals surface area contributed by atoms with Crippen molar-refractivity contribution in [1.82, 2.24) is 14.9 Å². The molecule has 1 heterocycles. The number of para-hydroxylation sites is 1. The first-order valence-corrected chi connectivity index (χ1v) is 6.53. The molecule has 1 aromatic heterocycles. The van der Waals surface area contributed by atoms with Crippen molar-refractivity contribution in [2.45, 2.75) is 25.9 Å². The van der Waals surface area contributed by atoms with Gasteiger partial charge in [-0.3, -0.25) is 14.9 Å². The predicted octanol–water partition coefficient (Wildman–Crippen LogP) is 1.54. The van der Waals surface area contributed by atoms with Gasteiger partial charge >= 0.3 is 0 Å². The molecule has 110 valence electrons. The first-order chi connectivity index (χ1) is 10.1. The number of carbonyl (C=O) groups excluding carboxylic acids is 1. The average Bonchev–Trinajstić information content (AvgIpc) is 2.91. The van der Waals surface area contributed by atoms with Crippen molar-refractivity contribution in [3.05, 3.63) is 58.7 Å². The molecule has 7 heteroatoms. The molecule has 0 radical (unpaired) electrons. The molecule has 0 aliphatic rings. The van der Waals surface area contributed by atoms with Crippen molar-refractivity contribution in [3.63, 3.8) is 0 Å². The van der Waals surface area contributed by atoms with Gasteiger partial charge in [-0.2, -0.15) is 0 Å². The van der Waals surface area contributed by atoms with Crippen molar-refractivity contribution in [2.75, 3.05) is 0 Å². The Morgan fingerprint density at radius 3 is 2.90 bits per heavy atom. The third-order valence-electron chi connectivity index (χ3n) is 2.99. The lowest BCUT2D eigenvalue weighted by molar-refractivity contribution is -0.385. The lowest BCUT2D eigenvalue weighted by Gasteiger charge is -2.14. The summed E-state index contributed by atoms with van der Waals surface area (Å²) in [4.78, 5) is 26.3. The molecule has 0 saturated heterocycles. The third kappa shape index (κ3) is 4.13. The fourth-order valence-electron chi connectivity index (χ4n) is 2.09. The first kappa shape index (κ1) is 14.7. The molecule has 0 bridgehead atoms. The highest BCUT2D eigenvalue weighted by atomic mass is 16.6. The molecule has 0 saturated carbocycles. The number of rotatable bonds is 6. The monoisotopic (exact) mass is 288 g/mol. The molecular weight excluding hydrogens is 272 g/mol. The summed E-state index contributed by atoms with van der Waals surface area (Å²) >= 11 is 0. The summed E-state index contributed by atoms with van der Waals surface area (Å²) in [6.07, 6.45) is 5.14. The second-order valence-electron chi connectivity index (χ2n) is 4.79. The van der Waals surface area contributed by atoms with E-state index in [0.717, 1.165) is 0 Å². The molecule has 7 nitrogen and oxygen atoms in total. The second kappa shape index (κ2) is 6.65. The number of imidazole rings is 1. The van der Waals surface area contributed by atoms with E-state index < -0.39 is 4.92 Å². The number of amides is 1. The van der Waals surface area contributed by atoms with Gasteiger partial charge in [0, 0.05) is 36.6 Å². The van der Waals surface area contributed by atoms with Crippen LogP contribution in [0.3, 0.4) is 0 Å². The minimum absolute atomic E-state index is 0.00851. The molecule has 2 rings (SSSR count). The van der Waals surface area contributed by atoms with Crippen molar-refractivity contribution < 1.29 is 9.72 Å². The number of nitro groups is 1. The highest BCUT2D eigenvalue weighted by Crippen LogP contribution is 2.17. The number of hydrogen-bond donors (Lipinski definition) is 1. The van der Waals surface area contributed by atoms with Gasteiger partial charge in [0.15, 0.2) is 0 Å². The van der Waals surface area contributed by atoms with E-state index in [-0.39, 0.29) is 24.1 Å². The van der Waals surface area contributed by atoms with E-state index in [9.17, 15) is 14.9 Å². The number of carbonyl (C=O) groups is 1. The number of hydrogen-bond acceptors (Lipinski definition) is 4. The van der Waals surface area contributed by atoms with Crippen molar-refractivity contribution >= 4 is 11.6 Å². The summed E-state index contributed by atoms with van der Waals surface area (Å²) in [5, 5.41) is 13.7. The Kier molecular flexibility index (Phi) is 4.65. The Morgan fingerprint density at radius 2 is 2.24 bits per heavy atom. The summed E-state index contributed by atoms with van der Waals surface area (Å²) in [7, 11) is 0. The summed E-state index contributed by atoms with van der Waals surface area (Å²) < 4.78 is 1.86. The van der Waals surface area contributed by atoms with Gasteiger partial charge in [-0.05, 0) is 6.92 Å². The maximum atomic E-state index is 12.0. The van der Waals surface area contributed by atoms with E-state index in [0.29, 0.717) is 12.1 Å². The normalized spacial score (nSPS) is 11.9.